The summed E-state index contributed by atoms with van der Waals surface area (Å²) in [6.45, 7) is 5.82. The van der Waals surface area contributed by atoms with Crippen molar-refractivity contribution in [1.82, 2.24) is 9.97 Å². The average molecular weight is 277 g/mol. The summed E-state index contributed by atoms with van der Waals surface area (Å²) < 4.78 is 4.87. The Bertz CT molecular complexity index is 621. The smallest absolute Gasteiger partial charge is 0.334 e. The number of rotatable bonds is 5. The molecule has 1 aromatic carbocycles. The van der Waals surface area contributed by atoms with Crippen LogP contribution in [0.2, 0.25) is 0 Å². The third-order valence-electron chi connectivity index (χ3n) is 2.43. The minimum Gasteiger partial charge on any atom is -0.463 e. The topological polar surface area (TPSA) is 81.0 Å². The number of carbonyl (C=O) groups is 1. The summed E-state index contributed by atoms with van der Waals surface area (Å²) in [4.78, 5) is 18.9. The van der Waals surface area contributed by atoms with E-state index >= 15 is 0 Å². The Labute approximate surface area is 115 Å². The van der Waals surface area contributed by atoms with Crippen LogP contribution >= 0.6 is 11.8 Å². The number of anilines is 1. The summed E-state index contributed by atoms with van der Waals surface area (Å²) in [6, 6.07) is 5.48. The van der Waals surface area contributed by atoms with Crippen molar-refractivity contribution in [1.29, 1.82) is 0 Å². The number of fused-ring (bicyclic) bond motifs is 1. The first-order chi connectivity index (χ1) is 9.10. The van der Waals surface area contributed by atoms with Gasteiger partial charge in [0.05, 0.1) is 17.6 Å². The number of benzene rings is 1. The largest absolute Gasteiger partial charge is 0.463 e. The molecule has 5 nitrogen and oxygen atoms in total. The zero-order valence-electron chi connectivity index (χ0n) is 10.6. The van der Waals surface area contributed by atoms with E-state index in [9.17, 15) is 4.79 Å². The molecule has 0 saturated heterocycles. The van der Waals surface area contributed by atoms with Gasteiger partial charge in [-0.3, -0.25) is 0 Å². The number of hydrogen-bond donors (Lipinski definition) is 2. The van der Waals surface area contributed by atoms with Crippen LogP contribution in [-0.2, 0) is 9.53 Å². The van der Waals surface area contributed by atoms with Crippen LogP contribution in [0.15, 0.2) is 35.5 Å². The highest BCUT2D eigenvalue weighted by atomic mass is 32.2. The van der Waals surface area contributed by atoms with E-state index in [2.05, 4.69) is 16.5 Å². The van der Waals surface area contributed by atoms with Gasteiger partial charge in [0, 0.05) is 17.0 Å². The zero-order valence-corrected chi connectivity index (χ0v) is 11.4. The van der Waals surface area contributed by atoms with E-state index in [0.29, 0.717) is 23.6 Å². The molecule has 0 aliphatic heterocycles. The molecule has 19 heavy (non-hydrogen) atoms. The Kier molecular flexibility index (Phi) is 4.11. The predicted octanol–water partition coefficient (Wildman–Crippen LogP) is 2.36. The van der Waals surface area contributed by atoms with Crippen LogP contribution in [0.4, 0.5) is 5.69 Å². The Hall–Kier alpha value is -1.95. The van der Waals surface area contributed by atoms with Crippen molar-refractivity contribution in [3.8, 4) is 0 Å². The highest BCUT2D eigenvalue weighted by Crippen LogP contribution is 2.22. The number of nitrogens with zero attached hydrogens (tertiary/aromatic N) is 1. The van der Waals surface area contributed by atoms with Crippen molar-refractivity contribution in [3.05, 3.63) is 30.4 Å². The van der Waals surface area contributed by atoms with Crippen molar-refractivity contribution in [3.63, 3.8) is 0 Å². The molecule has 100 valence electrons. The second-order valence-electron chi connectivity index (χ2n) is 3.93. The van der Waals surface area contributed by atoms with E-state index in [1.807, 2.05) is 12.1 Å². The molecular weight excluding hydrogens is 262 g/mol. The van der Waals surface area contributed by atoms with Gasteiger partial charge in [-0.15, -0.1) is 0 Å². The third kappa shape index (κ3) is 3.29. The number of aromatic nitrogens is 2. The number of nitrogens with two attached hydrogens (primary N) is 1. The molecule has 0 radical (unpaired) electrons. The van der Waals surface area contributed by atoms with Gasteiger partial charge in [0.25, 0.3) is 0 Å². The monoisotopic (exact) mass is 277 g/mol. The summed E-state index contributed by atoms with van der Waals surface area (Å²) in [5.74, 6) is 0.0732. The maximum Gasteiger partial charge on any atom is 0.334 e. The number of nitrogens with one attached hydrogen (secondary N) is 1. The van der Waals surface area contributed by atoms with Crippen LogP contribution in [-0.4, -0.2) is 28.3 Å². The summed E-state index contributed by atoms with van der Waals surface area (Å²) in [5.41, 5.74) is 8.53. The molecule has 0 aliphatic carbocycles. The van der Waals surface area contributed by atoms with Gasteiger partial charge in [-0.2, -0.15) is 0 Å². The van der Waals surface area contributed by atoms with E-state index in [1.165, 1.54) is 11.8 Å². The number of nitrogen functional groups attached to an aromatic ring is 1. The lowest BCUT2D eigenvalue weighted by molar-refractivity contribution is -0.138. The van der Waals surface area contributed by atoms with Gasteiger partial charge in [0.2, 0.25) is 0 Å². The maximum absolute atomic E-state index is 11.4. The highest BCUT2D eigenvalue weighted by Gasteiger charge is 2.10. The van der Waals surface area contributed by atoms with Crippen LogP contribution in [0.25, 0.3) is 11.0 Å². The number of carbonyl (C=O) groups excluding carboxylic acids is 1. The van der Waals surface area contributed by atoms with Crippen molar-refractivity contribution in [2.75, 3.05) is 18.1 Å². The molecule has 0 bridgehead atoms. The molecule has 0 aliphatic rings. The lowest BCUT2D eigenvalue weighted by Gasteiger charge is -2.03. The number of aromatic amines is 1. The molecule has 0 fully saturated rings. The number of hydrogen-bond acceptors (Lipinski definition) is 5. The Morgan fingerprint density at radius 1 is 1.58 bits per heavy atom. The van der Waals surface area contributed by atoms with E-state index in [1.54, 1.807) is 13.0 Å². The molecule has 2 aromatic rings. The van der Waals surface area contributed by atoms with Crippen LogP contribution in [0.3, 0.4) is 0 Å². The van der Waals surface area contributed by atoms with Crippen LogP contribution in [0.5, 0.6) is 0 Å². The second kappa shape index (κ2) is 5.79. The molecule has 0 amide bonds. The van der Waals surface area contributed by atoms with Crippen LogP contribution in [0.1, 0.15) is 6.92 Å². The predicted molar refractivity (Wildman–Crippen MR) is 77.0 cm³/mol. The molecule has 0 saturated carbocycles. The molecule has 2 rings (SSSR count). The Balaban J connectivity index is 2.02. The first kappa shape index (κ1) is 13.5. The minimum atomic E-state index is -0.365. The molecule has 6 heteroatoms. The number of thioether (sulfide) groups is 1. The standard InChI is InChI=1S/C13H15N3O2S/c1-3-18-12(17)8(2)7-19-13-15-10-5-4-9(14)6-11(10)16-13/h4-6H,2-3,7,14H2,1H3,(H,15,16). The first-order valence-electron chi connectivity index (χ1n) is 5.83. The van der Waals surface area contributed by atoms with Gasteiger partial charge in [-0.05, 0) is 25.1 Å². The Morgan fingerprint density at radius 3 is 3.11 bits per heavy atom. The maximum atomic E-state index is 11.4. The summed E-state index contributed by atoms with van der Waals surface area (Å²) >= 11 is 1.41. The highest BCUT2D eigenvalue weighted by molar-refractivity contribution is 7.99. The number of H-pyrrole nitrogens is 1. The van der Waals surface area contributed by atoms with Gasteiger partial charge in [0.15, 0.2) is 5.16 Å². The molecule has 0 atom stereocenters. The van der Waals surface area contributed by atoms with E-state index in [0.717, 1.165) is 16.2 Å². The molecule has 3 N–H and O–H groups in total. The van der Waals surface area contributed by atoms with Crippen molar-refractivity contribution in [2.45, 2.75) is 12.1 Å². The van der Waals surface area contributed by atoms with Crippen LogP contribution < -0.4 is 5.73 Å². The summed E-state index contributed by atoms with van der Waals surface area (Å²) in [7, 11) is 0. The zero-order chi connectivity index (χ0) is 13.8. The fourth-order valence-corrected chi connectivity index (χ4v) is 2.29. The van der Waals surface area contributed by atoms with Crippen molar-refractivity contribution < 1.29 is 9.53 Å². The second-order valence-corrected chi connectivity index (χ2v) is 4.90. The fourth-order valence-electron chi connectivity index (χ4n) is 1.52. The normalized spacial score (nSPS) is 10.6. The quantitative estimate of drug-likeness (QED) is 0.379. The number of esters is 1. The Morgan fingerprint density at radius 2 is 2.37 bits per heavy atom. The van der Waals surface area contributed by atoms with E-state index < -0.39 is 0 Å². The minimum absolute atomic E-state index is 0.354. The summed E-state index contributed by atoms with van der Waals surface area (Å²) in [6.07, 6.45) is 0. The van der Waals surface area contributed by atoms with Gasteiger partial charge in [0.1, 0.15) is 0 Å². The molecule has 0 spiro atoms. The average Bonchev–Trinajstić information content (AvgIpc) is 2.78. The molecular formula is C13H15N3O2S. The van der Waals surface area contributed by atoms with E-state index in [4.69, 9.17) is 10.5 Å². The van der Waals surface area contributed by atoms with E-state index in [-0.39, 0.29) is 5.97 Å². The fraction of sp³-hybridized carbons (Fsp3) is 0.231. The molecule has 1 aromatic heterocycles. The lowest BCUT2D eigenvalue weighted by Crippen LogP contribution is -2.08. The SMILES string of the molecule is C=C(CSc1nc2ccc(N)cc2[nH]1)C(=O)OCC. The summed E-state index contributed by atoms with van der Waals surface area (Å²) in [5, 5.41) is 0.728. The first-order valence-corrected chi connectivity index (χ1v) is 6.81. The molecule has 1 heterocycles. The third-order valence-corrected chi connectivity index (χ3v) is 3.39. The van der Waals surface area contributed by atoms with Crippen LogP contribution in [0, 0.1) is 0 Å². The van der Waals surface area contributed by atoms with Gasteiger partial charge in [-0.1, -0.05) is 18.3 Å². The van der Waals surface area contributed by atoms with Gasteiger partial charge >= 0.3 is 5.97 Å². The number of ether oxygens (including phenoxy) is 1. The van der Waals surface area contributed by atoms with Gasteiger partial charge < -0.3 is 15.5 Å². The number of imidazole rings is 1. The van der Waals surface area contributed by atoms with Crippen molar-refractivity contribution >= 4 is 34.5 Å². The molecule has 0 unspecified atom stereocenters. The van der Waals surface area contributed by atoms with Gasteiger partial charge in [-0.25, -0.2) is 9.78 Å². The van der Waals surface area contributed by atoms with Crippen molar-refractivity contribution in [2.24, 2.45) is 0 Å². The lowest BCUT2D eigenvalue weighted by atomic mass is 10.3.